The van der Waals surface area contributed by atoms with Gasteiger partial charge in [-0.2, -0.15) is 5.26 Å². The van der Waals surface area contributed by atoms with E-state index in [0.717, 1.165) is 25.7 Å². The van der Waals surface area contributed by atoms with Crippen molar-refractivity contribution >= 4 is 11.6 Å². The molecule has 1 aromatic rings. The number of carbonyl (C=O) groups excluding carboxylic acids is 1. The Morgan fingerprint density at radius 1 is 1.48 bits per heavy atom. The molecule has 1 amide bonds. The summed E-state index contributed by atoms with van der Waals surface area (Å²) < 4.78 is 0. The quantitative estimate of drug-likeness (QED) is 0.484. The van der Waals surface area contributed by atoms with Crippen molar-refractivity contribution in [3.8, 4) is 6.07 Å². The Hall–Kier alpha value is -2.42. The molecule has 2 rings (SSSR count). The number of nitrogens with zero attached hydrogens (tertiary/aromatic N) is 3. The Bertz CT molecular complexity index is 601. The average molecular weight is 287 g/mol. The molecule has 1 aliphatic rings. The highest BCUT2D eigenvalue weighted by molar-refractivity contribution is 5.95. The number of hydrogen-bond donors (Lipinski definition) is 0. The van der Waals surface area contributed by atoms with Crippen LogP contribution in [0.25, 0.3) is 0 Å². The topological polar surface area (TPSA) is 87.2 Å². The number of carbonyl (C=O) groups is 1. The van der Waals surface area contributed by atoms with Gasteiger partial charge >= 0.3 is 0 Å². The molecule has 0 radical (unpaired) electrons. The van der Waals surface area contributed by atoms with E-state index in [1.54, 1.807) is 24.0 Å². The summed E-state index contributed by atoms with van der Waals surface area (Å²) in [5.74, 6) is -0.299. The van der Waals surface area contributed by atoms with Crippen molar-refractivity contribution in [3.05, 3.63) is 39.4 Å². The van der Waals surface area contributed by atoms with Crippen molar-refractivity contribution in [2.45, 2.75) is 38.6 Å². The second-order valence-electron chi connectivity index (χ2n) is 5.29. The van der Waals surface area contributed by atoms with E-state index >= 15 is 0 Å². The number of benzene rings is 1. The minimum atomic E-state index is -0.490. The Morgan fingerprint density at radius 2 is 2.14 bits per heavy atom. The number of aryl methyl sites for hydroxylation is 1. The molecular weight excluding hydrogens is 270 g/mol. The van der Waals surface area contributed by atoms with E-state index in [1.165, 1.54) is 6.07 Å². The van der Waals surface area contributed by atoms with Crippen molar-refractivity contribution in [2.75, 3.05) is 6.54 Å². The molecule has 6 heteroatoms. The summed E-state index contributed by atoms with van der Waals surface area (Å²) in [6.45, 7) is 1.65. The molecule has 0 saturated heterocycles. The fourth-order valence-electron chi connectivity index (χ4n) is 2.76. The Balaban J connectivity index is 2.30. The van der Waals surface area contributed by atoms with Gasteiger partial charge in [0, 0.05) is 23.2 Å². The minimum Gasteiger partial charge on any atom is -0.322 e. The van der Waals surface area contributed by atoms with Gasteiger partial charge in [0.1, 0.15) is 6.54 Å². The van der Waals surface area contributed by atoms with Crippen molar-refractivity contribution < 1.29 is 9.72 Å². The first-order valence-electron chi connectivity index (χ1n) is 6.97. The number of nitro groups is 1. The molecule has 1 aliphatic carbocycles. The van der Waals surface area contributed by atoms with Crippen LogP contribution in [0.1, 0.15) is 41.6 Å². The smallest absolute Gasteiger partial charge is 0.273 e. The standard InChI is InChI=1S/C15H17N3O3/c1-11-6-7-12(10-14(11)18(20)21)15(19)17(9-8-16)13-4-2-3-5-13/h6-7,10,13H,2-5,9H2,1H3. The molecule has 1 saturated carbocycles. The van der Waals surface area contributed by atoms with Gasteiger partial charge in [0.15, 0.2) is 0 Å². The van der Waals surface area contributed by atoms with Crippen LogP contribution in [0.2, 0.25) is 0 Å². The van der Waals surface area contributed by atoms with Gasteiger partial charge in [-0.25, -0.2) is 0 Å². The molecule has 0 unspecified atom stereocenters. The summed E-state index contributed by atoms with van der Waals surface area (Å²) >= 11 is 0. The van der Waals surface area contributed by atoms with Gasteiger partial charge in [-0.05, 0) is 25.8 Å². The van der Waals surface area contributed by atoms with Gasteiger partial charge in [-0.15, -0.1) is 0 Å². The zero-order chi connectivity index (χ0) is 15.4. The third-order valence-corrected chi connectivity index (χ3v) is 3.92. The van der Waals surface area contributed by atoms with Crippen LogP contribution in [0.4, 0.5) is 5.69 Å². The lowest BCUT2D eigenvalue weighted by molar-refractivity contribution is -0.385. The average Bonchev–Trinajstić information content (AvgIpc) is 2.98. The second-order valence-corrected chi connectivity index (χ2v) is 5.29. The normalized spacial score (nSPS) is 14.7. The van der Waals surface area contributed by atoms with Gasteiger partial charge in [-0.1, -0.05) is 18.9 Å². The monoisotopic (exact) mass is 287 g/mol. The molecule has 0 atom stereocenters. The van der Waals surface area contributed by atoms with Crippen LogP contribution in [0.15, 0.2) is 18.2 Å². The lowest BCUT2D eigenvalue weighted by atomic mass is 10.1. The number of nitriles is 1. The summed E-state index contributed by atoms with van der Waals surface area (Å²) in [5, 5.41) is 19.9. The highest BCUT2D eigenvalue weighted by atomic mass is 16.6. The molecule has 0 aromatic heterocycles. The first-order chi connectivity index (χ1) is 10.0. The Kier molecular flexibility index (Phi) is 4.53. The van der Waals surface area contributed by atoms with Gasteiger partial charge in [0.25, 0.3) is 11.6 Å². The zero-order valence-corrected chi connectivity index (χ0v) is 11.9. The summed E-state index contributed by atoms with van der Waals surface area (Å²) in [6.07, 6.45) is 3.88. The Morgan fingerprint density at radius 3 is 2.71 bits per heavy atom. The van der Waals surface area contributed by atoms with Gasteiger partial charge in [0.05, 0.1) is 11.0 Å². The van der Waals surface area contributed by atoms with Crippen LogP contribution in [-0.4, -0.2) is 28.3 Å². The molecule has 6 nitrogen and oxygen atoms in total. The van der Waals surface area contributed by atoms with E-state index in [4.69, 9.17) is 5.26 Å². The van der Waals surface area contributed by atoms with Crippen LogP contribution in [0.3, 0.4) is 0 Å². The third-order valence-electron chi connectivity index (χ3n) is 3.92. The van der Waals surface area contributed by atoms with Crippen LogP contribution in [-0.2, 0) is 0 Å². The van der Waals surface area contributed by atoms with E-state index in [9.17, 15) is 14.9 Å². The van der Waals surface area contributed by atoms with Gasteiger partial charge in [0.2, 0.25) is 0 Å². The SMILES string of the molecule is Cc1ccc(C(=O)N(CC#N)C2CCCC2)cc1[N+](=O)[O-]. The van der Waals surface area contributed by atoms with E-state index in [2.05, 4.69) is 0 Å². The summed E-state index contributed by atoms with van der Waals surface area (Å²) in [7, 11) is 0. The largest absolute Gasteiger partial charge is 0.322 e. The highest BCUT2D eigenvalue weighted by Gasteiger charge is 2.28. The number of rotatable bonds is 4. The summed E-state index contributed by atoms with van der Waals surface area (Å²) in [6, 6.07) is 6.55. The predicted molar refractivity (Wildman–Crippen MR) is 76.7 cm³/mol. The maximum absolute atomic E-state index is 12.6. The number of nitro benzene ring substituents is 1. The molecule has 0 heterocycles. The predicted octanol–water partition coefficient (Wildman–Crippen LogP) is 2.81. The minimum absolute atomic E-state index is 0.0190. The number of hydrogen-bond acceptors (Lipinski definition) is 4. The van der Waals surface area contributed by atoms with Crippen molar-refractivity contribution in [2.24, 2.45) is 0 Å². The first-order valence-corrected chi connectivity index (χ1v) is 6.97. The first kappa shape index (κ1) is 15.0. The molecule has 1 aromatic carbocycles. The van der Waals surface area contributed by atoms with Crippen molar-refractivity contribution in [3.63, 3.8) is 0 Å². The molecule has 110 valence electrons. The summed E-state index contributed by atoms with van der Waals surface area (Å²) in [5.41, 5.74) is 0.725. The molecule has 0 spiro atoms. The zero-order valence-electron chi connectivity index (χ0n) is 11.9. The van der Waals surface area contributed by atoms with E-state index in [-0.39, 0.29) is 29.7 Å². The maximum atomic E-state index is 12.6. The van der Waals surface area contributed by atoms with E-state index in [1.807, 2.05) is 6.07 Å². The Labute approximate surface area is 123 Å². The van der Waals surface area contributed by atoms with Crippen LogP contribution in [0, 0.1) is 28.4 Å². The fraction of sp³-hybridized carbons (Fsp3) is 0.467. The molecule has 0 N–H and O–H groups in total. The molecule has 1 fully saturated rings. The van der Waals surface area contributed by atoms with E-state index in [0.29, 0.717) is 5.56 Å². The van der Waals surface area contributed by atoms with Crippen molar-refractivity contribution in [1.29, 1.82) is 5.26 Å². The molecule has 0 bridgehead atoms. The van der Waals surface area contributed by atoms with Crippen LogP contribution >= 0.6 is 0 Å². The summed E-state index contributed by atoms with van der Waals surface area (Å²) in [4.78, 5) is 24.6. The van der Waals surface area contributed by atoms with Gasteiger partial charge < -0.3 is 4.90 Å². The van der Waals surface area contributed by atoms with Crippen LogP contribution < -0.4 is 0 Å². The molecule has 0 aliphatic heterocycles. The second kappa shape index (κ2) is 6.35. The molecular formula is C15H17N3O3. The lowest BCUT2D eigenvalue weighted by Crippen LogP contribution is -2.39. The lowest BCUT2D eigenvalue weighted by Gasteiger charge is -2.26. The highest BCUT2D eigenvalue weighted by Crippen LogP contribution is 2.26. The van der Waals surface area contributed by atoms with E-state index < -0.39 is 4.92 Å². The van der Waals surface area contributed by atoms with Crippen molar-refractivity contribution in [1.82, 2.24) is 4.90 Å². The number of amides is 1. The fourth-order valence-corrected chi connectivity index (χ4v) is 2.76. The van der Waals surface area contributed by atoms with Gasteiger partial charge in [-0.3, -0.25) is 14.9 Å². The third kappa shape index (κ3) is 3.19. The maximum Gasteiger partial charge on any atom is 0.273 e. The molecule has 21 heavy (non-hydrogen) atoms. The van der Waals surface area contributed by atoms with Crippen LogP contribution in [0.5, 0.6) is 0 Å².